The Bertz CT molecular complexity index is 1340. The monoisotopic (exact) mass is 439 g/mol. The Morgan fingerprint density at radius 1 is 1.32 bits per heavy atom. The molecule has 5 rings (SSSR count). The number of hydrogen-bond acceptors (Lipinski definition) is 8. The quantitative estimate of drug-likeness (QED) is 0.489. The molecule has 0 unspecified atom stereocenters. The average Bonchev–Trinajstić information content (AvgIpc) is 3.36. The summed E-state index contributed by atoms with van der Waals surface area (Å²) in [4.78, 5) is 54.7. The zero-order valence-corrected chi connectivity index (χ0v) is 17.3. The number of rotatable bonds is 4. The van der Waals surface area contributed by atoms with Gasteiger partial charge in [-0.25, -0.2) is 9.78 Å². The van der Waals surface area contributed by atoms with E-state index >= 15 is 0 Å². The van der Waals surface area contributed by atoms with E-state index in [1.807, 2.05) is 0 Å². The van der Waals surface area contributed by atoms with Gasteiger partial charge in [-0.1, -0.05) is 0 Å². The van der Waals surface area contributed by atoms with Gasteiger partial charge in [-0.15, -0.1) is 11.3 Å². The lowest BCUT2D eigenvalue weighted by Gasteiger charge is -2.18. The third-order valence-electron chi connectivity index (χ3n) is 5.37. The van der Waals surface area contributed by atoms with E-state index in [1.165, 1.54) is 6.07 Å². The largest absolute Gasteiger partial charge is 0.482 e. The fraction of sp³-hybridized carbons (Fsp3) is 0.286. The maximum absolute atomic E-state index is 12.8. The van der Waals surface area contributed by atoms with Gasteiger partial charge in [0.2, 0.25) is 0 Å². The van der Waals surface area contributed by atoms with Crippen molar-refractivity contribution >= 4 is 44.9 Å². The molecule has 0 saturated carbocycles. The van der Waals surface area contributed by atoms with Crippen molar-refractivity contribution in [3.8, 4) is 5.75 Å². The van der Waals surface area contributed by atoms with Crippen LogP contribution in [0.5, 0.6) is 5.75 Å². The fourth-order valence-electron chi connectivity index (χ4n) is 3.81. The molecule has 1 aromatic carbocycles. The zero-order valence-electron chi connectivity index (χ0n) is 16.5. The number of aryl methyl sites for hydroxylation is 2. The number of benzene rings is 1. The summed E-state index contributed by atoms with van der Waals surface area (Å²) < 4.78 is 12.1. The van der Waals surface area contributed by atoms with Gasteiger partial charge >= 0.3 is 5.97 Å². The number of fused-ring (bicyclic) bond motifs is 3. The molecule has 10 heteroatoms. The third kappa shape index (κ3) is 3.28. The maximum atomic E-state index is 12.8. The van der Waals surface area contributed by atoms with Crippen LogP contribution in [0.2, 0.25) is 0 Å². The summed E-state index contributed by atoms with van der Waals surface area (Å²) in [7, 11) is 0. The molecule has 158 valence electrons. The molecule has 2 aliphatic rings. The number of carbonyl (C=O) groups is 3. The van der Waals surface area contributed by atoms with Crippen LogP contribution >= 0.6 is 11.3 Å². The Hall–Kier alpha value is -3.53. The van der Waals surface area contributed by atoms with E-state index in [4.69, 9.17) is 9.47 Å². The lowest BCUT2D eigenvalue weighted by molar-refractivity contribution is -0.118. The smallest absolute Gasteiger partial charge is 0.349 e. The summed E-state index contributed by atoms with van der Waals surface area (Å²) in [5, 5.41) is 3.06. The molecule has 0 atom stereocenters. The molecule has 0 fully saturated rings. The first-order valence-electron chi connectivity index (χ1n) is 9.72. The molecule has 0 spiro atoms. The number of Topliss-reactive ketones (excluding diaryl/α,β-unsaturated/α-hetero) is 1. The van der Waals surface area contributed by atoms with Crippen molar-refractivity contribution in [2.45, 2.75) is 26.3 Å². The Labute approximate surface area is 179 Å². The molecule has 0 saturated heterocycles. The van der Waals surface area contributed by atoms with Gasteiger partial charge in [0.1, 0.15) is 21.3 Å². The van der Waals surface area contributed by atoms with Gasteiger partial charge in [-0.2, -0.15) is 0 Å². The number of ketones is 1. The highest BCUT2D eigenvalue weighted by Crippen LogP contribution is 2.30. The maximum Gasteiger partial charge on any atom is 0.349 e. The van der Waals surface area contributed by atoms with Gasteiger partial charge < -0.3 is 14.8 Å². The van der Waals surface area contributed by atoms with Crippen molar-refractivity contribution in [1.29, 1.82) is 0 Å². The first-order valence-corrected chi connectivity index (χ1v) is 10.5. The van der Waals surface area contributed by atoms with Crippen LogP contribution < -0.4 is 15.6 Å². The van der Waals surface area contributed by atoms with Crippen LogP contribution in [0, 0.1) is 6.92 Å². The van der Waals surface area contributed by atoms with Crippen LogP contribution in [0.1, 0.15) is 37.8 Å². The topological polar surface area (TPSA) is 117 Å². The van der Waals surface area contributed by atoms with Crippen molar-refractivity contribution in [2.24, 2.45) is 0 Å². The molecule has 1 amide bonds. The minimum absolute atomic E-state index is 0.0755. The highest BCUT2D eigenvalue weighted by molar-refractivity contribution is 7.20. The highest BCUT2D eigenvalue weighted by Gasteiger charge is 2.25. The molecule has 31 heavy (non-hydrogen) atoms. The molecular weight excluding hydrogens is 422 g/mol. The lowest BCUT2D eigenvalue weighted by Crippen LogP contribution is -2.25. The van der Waals surface area contributed by atoms with Gasteiger partial charge in [0.25, 0.3) is 11.5 Å². The third-order valence-corrected chi connectivity index (χ3v) is 6.53. The van der Waals surface area contributed by atoms with Crippen LogP contribution in [0.4, 0.5) is 5.69 Å². The van der Waals surface area contributed by atoms with Crippen LogP contribution in [0.3, 0.4) is 0 Å². The minimum atomic E-state index is -0.673. The molecule has 0 bridgehead atoms. The summed E-state index contributed by atoms with van der Waals surface area (Å²) >= 11 is 1.10. The first kappa shape index (κ1) is 19.4. The first-order chi connectivity index (χ1) is 14.9. The molecule has 4 heterocycles. The molecule has 0 radical (unpaired) electrons. The van der Waals surface area contributed by atoms with Gasteiger partial charge in [0.05, 0.1) is 11.1 Å². The normalized spacial score (nSPS) is 14.5. The number of hydrogen-bond donors (Lipinski definition) is 1. The standard InChI is InChI=1S/C21H17N3O6S/c1-10-17-19(23-15-3-2-6-24(15)20(17)27)31-18(10)21(28)30-8-13(25)11-4-5-14-12(7-11)22-16(26)9-29-14/h4-5,7H,2-3,6,8-9H2,1H3,(H,22,26). The van der Waals surface area contributed by atoms with Crippen molar-refractivity contribution in [3.63, 3.8) is 0 Å². The predicted molar refractivity (Wildman–Crippen MR) is 112 cm³/mol. The molecule has 1 N–H and O–H groups in total. The number of aromatic nitrogens is 2. The Balaban J connectivity index is 1.35. The number of carbonyl (C=O) groups excluding carboxylic acids is 3. The molecular formula is C21H17N3O6S. The number of esters is 1. The Morgan fingerprint density at radius 2 is 2.16 bits per heavy atom. The molecule has 3 aromatic rings. The molecule has 0 aliphatic carbocycles. The van der Waals surface area contributed by atoms with E-state index < -0.39 is 18.4 Å². The van der Waals surface area contributed by atoms with E-state index in [1.54, 1.807) is 23.6 Å². The van der Waals surface area contributed by atoms with Crippen molar-refractivity contribution in [1.82, 2.24) is 9.55 Å². The van der Waals surface area contributed by atoms with Crippen molar-refractivity contribution < 1.29 is 23.9 Å². The van der Waals surface area contributed by atoms with Crippen LogP contribution in [0.25, 0.3) is 10.2 Å². The number of nitrogens with one attached hydrogen (secondary N) is 1. The minimum Gasteiger partial charge on any atom is -0.482 e. The van der Waals surface area contributed by atoms with E-state index in [-0.39, 0.29) is 28.5 Å². The van der Waals surface area contributed by atoms with Gasteiger partial charge in [0, 0.05) is 18.5 Å². The van der Waals surface area contributed by atoms with Crippen LogP contribution in [0.15, 0.2) is 23.0 Å². The summed E-state index contributed by atoms with van der Waals surface area (Å²) in [5.41, 5.74) is 1.06. The van der Waals surface area contributed by atoms with Crippen LogP contribution in [-0.4, -0.2) is 40.4 Å². The lowest BCUT2D eigenvalue weighted by atomic mass is 10.1. The number of anilines is 1. The molecule has 9 nitrogen and oxygen atoms in total. The summed E-state index contributed by atoms with van der Waals surface area (Å²) in [6, 6.07) is 4.61. The highest BCUT2D eigenvalue weighted by atomic mass is 32.1. The van der Waals surface area contributed by atoms with Gasteiger partial charge in [-0.3, -0.25) is 19.0 Å². The van der Waals surface area contributed by atoms with E-state index in [2.05, 4.69) is 10.3 Å². The summed E-state index contributed by atoms with van der Waals surface area (Å²) in [6.07, 6.45) is 1.62. The SMILES string of the molecule is Cc1c(C(=O)OCC(=O)c2ccc3c(c2)NC(=O)CO3)sc2nc3n(c(=O)c12)CCC3. The average molecular weight is 439 g/mol. The molecule has 2 aliphatic heterocycles. The number of thiophene rings is 1. The van der Waals surface area contributed by atoms with Crippen molar-refractivity contribution in [3.05, 3.63) is 50.4 Å². The van der Waals surface area contributed by atoms with Gasteiger partial charge in [-0.05, 0) is 37.1 Å². The second-order valence-corrected chi connectivity index (χ2v) is 8.37. The van der Waals surface area contributed by atoms with E-state index in [0.717, 1.165) is 30.0 Å². The number of amides is 1. The number of nitrogens with zero attached hydrogens (tertiary/aromatic N) is 2. The predicted octanol–water partition coefficient (Wildman–Crippen LogP) is 2.08. The molecule has 2 aromatic heterocycles. The second-order valence-electron chi connectivity index (χ2n) is 7.37. The number of ether oxygens (including phenoxy) is 2. The van der Waals surface area contributed by atoms with E-state index in [0.29, 0.717) is 33.8 Å². The zero-order chi connectivity index (χ0) is 21.7. The second kappa shape index (κ2) is 7.31. The Kier molecular flexibility index (Phi) is 4.58. The summed E-state index contributed by atoms with van der Waals surface area (Å²) in [5.74, 6) is -0.198. The summed E-state index contributed by atoms with van der Waals surface area (Å²) in [6.45, 7) is 1.78. The van der Waals surface area contributed by atoms with Crippen LogP contribution in [-0.2, 0) is 22.5 Å². The Morgan fingerprint density at radius 3 is 3.00 bits per heavy atom. The van der Waals surface area contributed by atoms with Crippen molar-refractivity contribution in [2.75, 3.05) is 18.5 Å². The van der Waals surface area contributed by atoms with E-state index in [9.17, 15) is 19.2 Å². The van der Waals surface area contributed by atoms with Gasteiger partial charge in [0.15, 0.2) is 19.0 Å². The fourth-order valence-corrected chi connectivity index (χ4v) is 4.89.